The molecular formula is C28H19ClFNO. The van der Waals surface area contributed by atoms with Crippen LogP contribution in [-0.4, -0.2) is 0 Å². The molecule has 0 fully saturated rings. The summed E-state index contributed by atoms with van der Waals surface area (Å²) in [6.45, 7) is 0. The lowest BCUT2D eigenvalue weighted by molar-refractivity contribution is 0.577. The molecule has 0 bridgehead atoms. The largest absolute Gasteiger partial charge is 0.456 e. The predicted molar refractivity (Wildman–Crippen MR) is 127 cm³/mol. The van der Waals surface area contributed by atoms with E-state index in [4.69, 9.17) is 16.0 Å². The number of furan rings is 1. The zero-order chi connectivity index (χ0) is 21.9. The maximum absolute atomic E-state index is 14.4. The first-order chi connectivity index (χ1) is 15.7. The topological polar surface area (TPSA) is 25.2 Å². The highest BCUT2D eigenvalue weighted by atomic mass is 35.5. The average Bonchev–Trinajstić information content (AvgIpc) is 3.08. The summed E-state index contributed by atoms with van der Waals surface area (Å²) in [5.41, 5.74) is 7.69. The Morgan fingerprint density at radius 3 is 2.72 bits per heavy atom. The molecule has 1 aliphatic carbocycles. The summed E-state index contributed by atoms with van der Waals surface area (Å²) in [4.78, 5) is 0. The van der Waals surface area contributed by atoms with Gasteiger partial charge in [0.15, 0.2) is 0 Å². The molecule has 5 rings (SSSR count). The van der Waals surface area contributed by atoms with E-state index in [2.05, 4.69) is 22.9 Å². The lowest BCUT2D eigenvalue weighted by atomic mass is 10.0. The highest BCUT2D eigenvalue weighted by Gasteiger charge is 2.19. The van der Waals surface area contributed by atoms with Crippen LogP contribution >= 0.6 is 11.6 Å². The Balaban J connectivity index is 1.40. The van der Waals surface area contributed by atoms with Crippen molar-refractivity contribution >= 4 is 28.1 Å². The van der Waals surface area contributed by atoms with Gasteiger partial charge in [-0.15, -0.1) is 0 Å². The van der Waals surface area contributed by atoms with Crippen LogP contribution in [0.5, 0.6) is 0 Å². The Morgan fingerprint density at radius 1 is 1.03 bits per heavy atom. The standard InChI is InChI=1S/C28H19ClFNO/c29-23-9-5-10-24(30)28(23)25-11-4-8-21(18-31-25)27-17-22-16-20(14-15-26(22)32-27)13-12-19-6-2-1-3-7-19/h1-4,6-7,9,14-18,31H,5,8,10H2. The molecule has 0 atom stereocenters. The molecule has 1 N–H and O–H groups in total. The second-order valence-electron chi connectivity index (χ2n) is 7.59. The molecule has 2 aliphatic rings. The molecule has 4 heteroatoms. The van der Waals surface area contributed by atoms with Crippen molar-refractivity contribution < 1.29 is 8.81 Å². The van der Waals surface area contributed by atoms with E-state index in [0.717, 1.165) is 33.4 Å². The Labute approximate surface area is 191 Å². The number of allylic oxidation sites excluding steroid dienone is 4. The third-order valence-corrected chi connectivity index (χ3v) is 5.71. The van der Waals surface area contributed by atoms with Gasteiger partial charge in [0.25, 0.3) is 0 Å². The molecule has 1 aromatic heterocycles. The second-order valence-corrected chi connectivity index (χ2v) is 8.00. The number of hydrogen-bond acceptors (Lipinski definition) is 2. The summed E-state index contributed by atoms with van der Waals surface area (Å²) >= 11 is 6.25. The fourth-order valence-electron chi connectivity index (χ4n) is 3.72. The molecular weight excluding hydrogens is 421 g/mol. The Hall–Kier alpha value is -3.70. The van der Waals surface area contributed by atoms with Crippen LogP contribution in [0.3, 0.4) is 0 Å². The summed E-state index contributed by atoms with van der Waals surface area (Å²) in [6.07, 6.45) is 7.11. The maximum Gasteiger partial charge on any atom is 0.134 e. The van der Waals surface area contributed by atoms with Crippen molar-refractivity contribution in [3.8, 4) is 11.8 Å². The number of rotatable bonds is 2. The zero-order valence-electron chi connectivity index (χ0n) is 17.2. The smallest absolute Gasteiger partial charge is 0.134 e. The van der Waals surface area contributed by atoms with Crippen molar-refractivity contribution in [2.45, 2.75) is 19.3 Å². The van der Waals surface area contributed by atoms with E-state index < -0.39 is 0 Å². The molecule has 156 valence electrons. The molecule has 0 saturated carbocycles. The fourth-order valence-corrected chi connectivity index (χ4v) is 4.03. The zero-order valence-corrected chi connectivity index (χ0v) is 18.0. The number of fused-ring (bicyclic) bond motifs is 1. The molecule has 3 aromatic rings. The molecule has 0 radical (unpaired) electrons. The third-order valence-electron chi connectivity index (χ3n) is 5.36. The molecule has 2 heterocycles. The first-order valence-electron chi connectivity index (χ1n) is 10.4. The van der Waals surface area contributed by atoms with Crippen LogP contribution < -0.4 is 5.32 Å². The highest BCUT2D eigenvalue weighted by molar-refractivity contribution is 6.32. The van der Waals surface area contributed by atoms with Crippen LogP contribution in [-0.2, 0) is 0 Å². The summed E-state index contributed by atoms with van der Waals surface area (Å²) in [5, 5.41) is 4.56. The third kappa shape index (κ3) is 4.20. The Bertz CT molecular complexity index is 1420. The van der Waals surface area contributed by atoms with Crippen LogP contribution in [0.25, 0.3) is 16.5 Å². The number of benzene rings is 2. The van der Waals surface area contributed by atoms with Gasteiger partial charge in [0.05, 0.1) is 11.3 Å². The first-order valence-corrected chi connectivity index (χ1v) is 10.8. The lowest BCUT2D eigenvalue weighted by Gasteiger charge is -2.14. The predicted octanol–water partition coefficient (Wildman–Crippen LogP) is 7.35. The van der Waals surface area contributed by atoms with E-state index >= 15 is 0 Å². The second kappa shape index (κ2) is 8.81. The average molecular weight is 440 g/mol. The first kappa shape index (κ1) is 20.2. The van der Waals surface area contributed by atoms with Crippen LogP contribution in [0.1, 0.15) is 36.1 Å². The quantitative estimate of drug-likeness (QED) is 0.333. The van der Waals surface area contributed by atoms with Crippen molar-refractivity contribution in [1.29, 1.82) is 0 Å². The number of hydrogen-bond donors (Lipinski definition) is 1. The van der Waals surface area contributed by atoms with Crippen molar-refractivity contribution in [3.63, 3.8) is 0 Å². The van der Waals surface area contributed by atoms with Gasteiger partial charge in [-0.2, -0.15) is 0 Å². The molecule has 32 heavy (non-hydrogen) atoms. The fraction of sp³-hybridized carbons (Fsp3) is 0.107. The van der Waals surface area contributed by atoms with Crippen LogP contribution in [0.15, 0.2) is 105 Å². The molecule has 1 aliphatic heterocycles. The van der Waals surface area contributed by atoms with E-state index in [-0.39, 0.29) is 5.83 Å². The lowest BCUT2D eigenvalue weighted by Crippen LogP contribution is -2.10. The van der Waals surface area contributed by atoms with E-state index in [0.29, 0.717) is 35.6 Å². The molecule has 2 aromatic carbocycles. The van der Waals surface area contributed by atoms with Gasteiger partial charge >= 0.3 is 0 Å². The van der Waals surface area contributed by atoms with Gasteiger partial charge in [0.1, 0.15) is 17.2 Å². The Morgan fingerprint density at radius 2 is 1.88 bits per heavy atom. The van der Waals surface area contributed by atoms with Gasteiger partial charge in [-0.05, 0) is 48.9 Å². The summed E-state index contributed by atoms with van der Waals surface area (Å²) < 4.78 is 20.4. The van der Waals surface area contributed by atoms with Crippen molar-refractivity contribution in [2.75, 3.05) is 0 Å². The minimum absolute atomic E-state index is 0.217. The van der Waals surface area contributed by atoms with E-state index in [1.165, 1.54) is 0 Å². The van der Waals surface area contributed by atoms with Gasteiger partial charge in [-0.3, -0.25) is 0 Å². The van der Waals surface area contributed by atoms with Crippen molar-refractivity contribution in [1.82, 2.24) is 5.32 Å². The summed E-state index contributed by atoms with van der Waals surface area (Å²) in [5.74, 6) is 6.92. The Kier molecular flexibility index (Phi) is 5.57. The van der Waals surface area contributed by atoms with Crippen molar-refractivity contribution in [2.24, 2.45) is 0 Å². The molecule has 0 unspecified atom stereocenters. The molecule has 0 saturated heterocycles. The number of halogens is 2. The van der Waals surface area contributed by atoms with Gasteiger partial charge in [-0.1, -0.05) is 53.4 Å². The minimum atomic E-state index is -0.217. The van der Waals surface area contributed by atoms with Crippen LogP contribution in [0.2, 0.25) is 0 Å². The summed E-state index contributed by atoms with van der Waals surface area (Å²) in [6, 6.07) is 17.8. The van der Waals surface area contributed by atoms with E-state index in [9.17, 15) is 4.39 Å². The maximum atomic E-state index is 14.4. The summed E-state index contributed by atoms with van der Waals surface area (Å²) in [7, 11) is 0. The van der Waals surface area contributed by atoms with E-state index in [1.54, 1.807) is 0 Å². The van der Waals surface area contributed by atoms with Crippen LogP contribution in [0.4, 0.5) is 4.39 Å². The van der Waals surface area contributed by atoms with Crippen molar-refractivity contribution in [3.05, 3.63) is 118 Å². The highest BCUT2D eigenvalue weighted by Crippen LogP contribution is 2.34. The normalized spacial score (nSPS) is 15.9. The van der Waals surface area contributed by atoms with Crippen LogP contribution in [0, 0.1) is 11.8 Å². The minimum Gasteiger partial charge on any atom is -0.456 e. The SMILES string of the molecule is FC1=C(C2=C=CCC(c3cc4cc(C#Cc5ccccc5)ccc4o3)=CN2)C(Cl)=CCC1. The van der Waals surface area contributed by atoms with Gasteiger partial charge in [0, 0.05) is 46.2 Å². The molecule has 2 nitrogen and oxygen atoms in total. The van der Waals surface area contributed by atoms with Gasteiger partial charge < -0.3 is 9.73 Å². The van der Waals surface area contributed by atoms with Gasteiger partial charge in [-0.25, -0.2) is 4.39 Å². The van der Waals surface area contributed by atoms with Gasteiger partial charge in [0.2, 0.25) is 0 Å². The molecule has 0 spiro atoms. The monoisotopic (exact) mass is 439 g/mol. The number of nitrogens with one attached hydrogen (secondary N) is 1. The van der Waals surface area contributed by atoms with E-state index in [1.807, 2.05) is 72.9 Å². The molecule has 0 amide bonds.